The number of β-amino-alcohol motifs (C(OH)–C–C–N with tert-alkyl or cyclic N) is 1. The maximum absolute atomic E-state index is 12.0. The highest BCUT2D eigenvalue weighted by Crippen LogP contribution is 2.21. The van der Waals surface area contributed by atoms with Crippen molar-refractivity contribution in [2.24, 2.45) is 0 Å². The van der Waals surface area contributed by atoms with Crippen molar-refractivity contribution in [3.8, 4) is 0 Å². The van der Waals surface area contributed by atoms with Gasteiger partial charge in [0.1, 0.15) is 0 Å². The third kappa shape index (κ3) is 6.57. The summed E-state index contributed by atoms with van der Waals surface area (Å²) in [7, 11) is 0. The summed E-state index contributed by atoms with van der Waals surface area (Å²) >= 11 is 0. The molecular weight excluding hydrogens is 244 g/mol. The van der Waals surface area contributed by atoms with Crippen molar-refractivity contribution in [1.29, 1.82) is 0 Å². The number of hydrogen-bond acceptors (Lipinski definition) is 3. The molecule has 1 rings (SSSR count). The van der Waals surface area contributed by atoms with Crippen LogP contribution in [0.1, 0.15) is 52.4 Å². The van der Waals surface area contributed by atoms with Crippen LogP contribution in [-0.4, -0.2) is 47.1 Å². The Bertz CT molecular complexity index is 316. The summed E-state index contributed by atoms with van der Waals surface area (Å²) in [5.41, 5.74) is -0.723. The number of amides is 2. The second-order valence-corrected chi connectivity index (χ2v) is 5.71. The van der Waals surface area contributed by atoms with Crippen molar-refractivity contribution in [2.75, 3.05) is 19.6 Å². The summed E-state index contributed by atoms with van der Waals surface area (Å²) in [4.78, 5) is 24.4. The summed E-state index contributed by atoms with van der Waals surface area (Å²) in [6, 6.07) is 0. The molecule has 0 saturated carbocycles. The highest BCUT2D eigenvalue weighted by molar-refractivity contribution is 5.76. The summed E-state index contributed by atoms with van der Waals surface area (Å²) < 4.78 is 0. The fraction of sp³-hybridized carbons (Fsp3) is 0.857. The van der Waals surface area contributed by atoms with Crippen LogP contribution in [-0.2, 0) is 9.59 Å². The van der Waals surface area contributed by atoms with E-state index in [0.717, 1.165) is 38.6 Å². The molecule has 1 atom stereocenters. The molecule has 5 heteroatoms. The van der Waals surface area contributed by atoms with E-state index in [9.17, 15) is 14.7 Å². The molecule has 0 radical (unpaired) electrons. The number of unbranched alkanes of at least 4 members (excludes halogenated alkanes) is 2. The molecule has 1 aliphatic rings. The lowest BCUT2D eigenvalue weighted by Gasteiger charge is -2.36. The Morgan fingerprint density at radius 2 is 2.05 bits per heavy atom. The molecule has 1 heterocycles. The molecule has 110 valence electrons. The van der Waals surface area contributed by atoms with Crippen molar-refractivity contribution >= 4 is 11.8 Å². The minimum Gasteiger partial charge on any atom is -0.388 e. The average Bonchev–Trinajstić information content (AvgIpc) is 2.31. The molecule has 0 bridgehead atoms. The number of nitrogens with zero attached hydrogens (tertiary/aromatic N) is 1. The Kier molecular flexibility index (Phi) is 6.28. The topological polar surface area (TPSA) is 69.6 Å². The monoisotopic (exact) mass is 270 g/mol. The van der Waals surface area contributed by atoms with Crippen LogP contribution in [0.5, 0.6) is 0 Å². The first-order valence-electron chi connectivity index (χ1n) is 7.15. The van der Waals surface area contributed by atoms with Crippen LogP contribution in [0.4, 0.5) is 0 Å². The zero-order chi connectivity index (χ0) is 14.3. The highest BCUT2D eigenvalue weighted by atomic mass is 16.3. The Hall–Kier alpha value is -1.10. The van der Waals surface area contributed by atoms with Crippen LogP contribution >= 0.6 is 0 Å². The van der Waals surface area contributed by atoms with Gasteiger partial charge in [-0.05, 0) is 32.6 Å². The third-order valence-electron chi connectivity index (χ3n) is 3.47. The van der Waals surface area contributed by atoms with E-state index in [-0.39, 0.29) is 11.8 Å². The maximum atomic E-state index is 12.0. The van der Waals surface area contributed by atoms with Gasteiger partial charge in [-0.2, -0.15) is 0 Å². The van der Waals surface area contributed by atoms with Gasteiger partial charge < -0.3 is 15.3 Å². The fourth-order valence-electron chi connectivity index (χ4n) is 2.43. The minimum atomic E-state index is -0.723. The third-order valence-corrected chi connectivity index (χ3v) is 3.47. The predicted molar refractivity (Wildman–Crippen MR) is 73.6 cm³/mol. The standard InChI is InChI=1S/C14H26N2O3/c1-12(17)15-9-5-3-4-7-13(18)16-10-6-8-14(2,19)11-16/h19H,3-11H2,1-2H3,(H,15,17). The number of carbonyl (C=O) groups excluding carboxylic acids is 2. The van der Waals surface area contributed by atoms with Gasteiger partial charge in [-0.25, -0.2) is 0 Å². The first-order valence-corrected chi connectivity index (χ1v) is 7.15. The fourth-order valence-corrected chi connectivity index (χ4v) is 2.43. The molecule has 19 heavy (non-hydrogen) atoms. The summed E-state index contributed by atoms with van der Waals surface area (Å²) in [6.07, 6.45) is 4.88. The maximum Gasteiger partial charge on any atom is 0.222 e. The van der Waals surface area contributed by atoms with Crippen LogP contribution in [0.15, 0.2) is 0 Å². The molecule has 1 unspecified atom stereocenters. The number of nitrogens with one attached hydrogen (secondary N) is 1. The van der Waals surface area contributed by atoms with Gasteiger partial charge in [0.05, 0.1) is 5.60 Å². The Morgan fingerprint density at radius 3 is 2.68 bits per heavy atom. The van der Waals surface area contributed by atoms with Crippen LogP contribution in [0.3, 0.4) is 0 Å². The first kappa shape index (κ1) is 16.0. The van der Waals surface area contributed by atoms with Gasteiger partial charge in [0.2, 0.25) is 11.8 Å². The molecular formula is C14H26N2O3. The number of rotatable bonds is 6. The van der Waals surface area contributed by atoms with Gasteiger partial charge in [0, 0.05) is 33.0 Å². The molecule has 0 aromatic heterocycles. The largest absolute Gasteiger partial charge is 0.388 e. The quantitative estimate of drug-likeness (QED) is 0.709. The predicted octanol–water partition coefficient (Wildman–Crippen LogP) is 1.06. The molecule has 1 fully saturated rings. The second kappa shape index (κ2) is 7.48. The van der Waals surface area contributed by atoms with Gasteiger partial charge in [-0.15, -0.1) is 0 Å². The molecule has 5 nitrogen and oxygen atoms in total. The zero-order valence-corrected chi connectivity index (χ0v) is 12.1. The van der Waals surface area contributed by atoms with E-state index < -0.39 is 5.60 Å². The van der Waals surface area contributed by atoms with Crippen molar-refractivity contribution in [1.82, 2.24) is 10.2 Å². The van der Waals surface area contributed by atoms with E-state index in [2.05, 4.69) is 5.32 Å². The number of carbonyl (C=O) groups is 2. The number of piperidine rings is 1. The molecule has 2 amide bonds. The molecule has 0 spiro atoms. The van der Waals surface area contributed by atoms with Crippen molar-refractivity contribution in [2.45, 2.75) is 58.0 Å². The zero-order valence-electron chi connectivity index (χ0n) is 12.1. The Labute approximate surface area is 115 Å². The number of hydrogen-bond donors (Lipinski definition) is 2. The minimum absolute atomic E-state index is 0.00776. The molecule has 1 saturated heterocycles. The number of aliphatic hydroxyl groups is 1. The normalized spacial score (nSPS) is 23.2. The smallest absolute Gasteiger partial charge is 0.222 e. The second-order valence-electron chi connectivity index (χ2n) is 5.71. The van der Waals surface area contributed by atoms with Crippen molar-refractivity contribution in [3.05, 3.63) is 0 Å². The average molecular weight is 270 g/mol. The van der Waals surface area contributed by atoms with Gasteiger partial charge in [-0.3, -0.25) is 9.59 Å². The van der Waals surface area contributed by atoms with E-state index in [0.29, 0.717) is 19.5 Å². The highest BCUT2D eigenvalue weighted by Gasteiger charge is 2.30. The van der Waals surface area contributed by atoms with Gasteiger partial charge >= 0.3 is 0 Å². The molecule has 0 aliphatic carbocycles. The van der Waals surface area contributed by atoms with Crippen LogP contribution in [0.25, 0.3) is 0 Å². The lowest BCUT2D eigenvalue weighted by molar-refractivity contribution is -0.137. The van der Waals surface area contributed by atoms with Crippen molar-refractivity contribution in [3.63, 3.8) is 0 Å². The van der Waals surface area contributed by atoms with Crippen molar-refractivity contribution < 1.29 is 14.7 Å². The molecule has 0 aromatic carbocycles. The van der Waals surface area contributed by atoms with E-state index >= 15 is 0 Å². The molecule has 0 aromatic rings. The van der Waals surface area contributed by atoms with Crippen LogP contribution in [0, 0.1) is 0 Å². The van der Waals surface area contributed by atoms with Gasteiger partial charge in [-0.1, -0.05) is 6.42 Å². The number of likely N-dealkylation sites (tertiary alicyclic amines) is 1. The molecule has 1 aliphatic heterocycles. The van der Waals surface area contributed by atoms with E-state index in [1.165, 1.54) is 6.92 Å². The van der Waals surface area contributed by atoms with Gasteiger partial charge in [0.25, 0.3) is 0 Å². The Balaban J connectivity index is 2.12. The van der Waals surface area contributed by atoms with E-state index in [4.69, 9.17) is 0 Å². The van der Waals surface area contributed by atoms with Crippen LogP contribution < -0.4 is 5.32 Å². The molecule has 2 N–H and O–H groups in total. The lowest BCUT2D eigenvalue weighted by Crippen LogP contribution is -2.48. The summed E-state index contributed by atoms with van der Waals surface area (Å²) in [5, 5.41) is 12.7. The summed E-state index contributed by atoms with van der Waals surface area (Å²) in [5.74, 6) is 0.131. The summed E-state index contributed by atoms with van der Waals surface area (Å²) in [6.45, 7) is 5.20. The Morgan fingerprint density at radius 1 is 1.32 bits per heavy atom. The van der Waals surface area contributed by atoms with Crippen LogP contribution in [0.2, 0.25) is 0 Å². The first-order chi connectivity index (χ1) is 8.91. The van der Waals surface area contributed by atoms with E-state index in [1.807, 2.05) is 0 Å². The SMILES string of the molecule is CC(=O)NCCCCCC(=O)N1CCCC(C)(O)C1. The lowest BCUT2D eigenvalue weighted by atomic mass is 9.95. The van der Waals surface area contributed by atoms with Gasteiger partial charge in [0.15, 0.2) is 0 Å². The van der Waals surface area contributed by atoms with E-state index in [1.54, 1.807) is 11.8 Å².